The summed E-state index contributed by atoms with van der Waals surface area (Å²) in [5.41, 5.74) is 1.00. The number of rotatable bonds is 6. The van der Waals surface area contributed by atoms with E-state index in [9.17, 15) is 4.79 Å². The second kappa shape index (κ2) is 10.2. The minimum atomic E-state index is -0.198. The predicted octanol–water partition coefficient (Wildman–Crippen LogP) is 3.59. The number of thiocarbonyl (C=S) groups is 1. The van der Waals surface area contributed by atoms with Crippen molar-refractivity contribution in [2.45, 2.75) is 58.2 Å². The molecule has 1 aliphatic carbocycles. The van der Waals surface area contributed by atoms with E-state index in [4.69, 9.17) is 12.2 Å². The lowest BCUT2D eigenvalue weighted by Gasteiger charge is -2.28. The molecule has 0 heterocycles. The maximum Gasteiger partial charge on any atom is 0.245 e. The Morgan fingerprint density at radius 3 is 2.44 bits per heavy atom. The van der Waals surface area contributed by atoms with Crippen molar-refractivity contribution in [3.63, 3.8) is 0 Å². The normalized spacial score (nSPS) is 16.6. The summed E-state index contributed by atoms with van der Waals surface area (Å²) in [6.45, 7) is 4.12. The molecule has 25 heavy (non-hydrogen) atoms. The lowest BCUT2D eigenvalue weighted by atomic mass is 9.96. The first kappa shape index (κ1) is 19.4. The molecule has 2 rings (SSSR count). The van der Waals surface area contributed by atoms with E-state index in [1.165, 1.54) is 32.1 Å². The predicted molar refractivity (Wildman–Crippen MR) is 108 cm³/mol. The minimum Gasteiger partial charge on any atom is -0.360 e. The molecule has 0 bridgehead atoms. The van der Waals surface area contributed by atoms with E-state index in [0.717, 1.165) is 5.56 Å². The van der Waals surface area contributed by atoms with E-state index in [1.54, 1.807) is 6.08 Å². The summed E-state index contributed by atoms with van der Waals surface area (Å²) in [7, 11) is 0. The highest BCUT2D eigenvalue weighted by molar-refractivity contribution is 7.80. The molecule has 0 spiro atoms. The Balaban J connectivity index is 1.83. The first-order valence-corrected chi connectivity index (χ1v) is 9.56. The quantitative estimate of drug-likeness (QED) is 0.413. The monoisotopic (exact) mass is 359 g/mol. The van der Waals surface area contributed by atoms with Gasteiger partial charge in [0.1, 0.15) is 6.17 Å². The minimum absolute atomic E-state index is 0.129. The summed E-state index contributed by atoms with van der Waals surface area (Å²) in [6.07, 6.45) is 9.34. The Labute approximate surface area is 156 Å². The highest BCUT2D eigenvalue weighted by atomic mass is 32.1. The lowest BCUT2D eigenvalue weighted by Crippen LogP contribution is -2.55. The molecule has 0 radical (unpaired) electrons. The Morgan fingerprint density at radius 2 is 1.80 bits per heavy atom. The van der Waals surface area contributed by atoms with Gasteiger partial charge in [-0.1, -0.05) is 63.4 Å². The van der Waals surface area contributed by atoms with Crippen LogP contribution in [0.4, 0.5) is 0 Å². The molecule has 1 unspecified atom stereocenters. The summed E-state index contributed by atoms with van der Waals surface area (Å²) >= 11 is 5.43. The van der Waals surface area contributed by atoms with Crippen molar-refractivity contribution in [3.05, 3.63) is 42.0 Å². The van der Waals surface area contributed by atoms with Crippen LogP contribution in [0, 0.1) is 5.92 Å². The van der Waals surface area contributed by atoms with E-state index >= 15 is 0 Å². The topological polar surface area (TPSA) is 53.2 Å². The van der Waals surface area contributed by atoms with Crippen LogP contribution in [0.5, 0.6) is 0 Å². The molecule has 4 nitrogen and oxygen atoms in total. The van der Waals surface area contributed by atoms with Crippen molar-refractivity contribution in [2.24, 2.45) is 5.92 Å². The molecule has 1 amide bonds. The molecular formula is C20H29N3OS. The SMILES string of the molecule is CC(C)C(NC(=O)C=Cc1ccccc1)NC(=S)NC1CCCCC1. The van der Waals surface area contributed by atoms with E-state index in [1.807, 2.05) is 36.4 Å². The molecule has 1 fully saturated rings. The zero-order valence-electron chi connectivity index (χ0n) is 15.1. The third-order valence-electron chi connectivity index (χ3n) is 4.42. The number of hydrogen-bond donors (Lipinski definition) is 3. The van der Waals surface area contributed by atoms with Crippen LogP contribution in [0.2, 0.25) is 0 Å². The third-order valence-corrected chi connectivity index (χ3v) is 4.65. The van der Waals surface area contributed by atoms with Gasteiger partial charge in [-0.3, -0.25) is 4.79 Å². The van der Waals surface area contributed by atoms with Crippen LogP contribution in [-0.2, 0) is 4.79 Å². The van der Waals surface area contributed by atoms with Crippen molar-refractivity contribution in [3.8, 4) is 0 Å². The van der Waals surface area contributed by atoms with Crippen molar-refractivity contribution in [1.82, 2.24) is 16.0 Å². The van der Waals surface area contributed by atoms with Gasteiger partial charge in [0, 0.05) is 12.1 Å². The van der Waals surface area contributed by atoms with E-state index < -0.39 is 0 Å². The molecule has 1 aromatic rings. The zero-order chi connectivity index (χ0) is 18.1. The Hall–Kier alpha value is -1.88. The van der Waals surface area contributed by atoms with Gasteiger partial charge in [-0.05, 0) is 42.6 Å². The fourth-order valence-corrected chi connectivity index (χ4v) is 3.22. The summed E-state index contributed by atoms with van der Waals surface area (Å²) in [4.78, 5) is 12.2. The first-order chi connectivity index (χ1) is 12.0. The van der Waals surface area contributed by atoms with Gasteiger partial charge in [-0.2, -0.15) is 0 Å². The first-order valence-electron chi connectivity index (χ1n) is 9.15. The maximum atomic E-state index is 12.2. The van der Waals surface area contributed by atoms with E-state index in [0.29, 0.717) is 11.2 Å². The molecule has 0 aromatic heterocycles. The highest BCUT2D eigenvalue weighted by Crippen LogP contribution is 2.17. The molecular weight excluding hydrogens is 330 g/mol. The van der Waals surface area contributed by atoms with Crippen molar-refractivity contribution >= 4 is 29.3 Å². The van der Waals surface area contributed by atoms with Crippen LogP contribution in [0.15, 0.2) is 36.4 Å². The second-order valence-electron chi connectivity index (χ2n) is 6.93. The summed E-state index contributed by atoms with van der Waals surface area (Å²) in [5, 5.41) is 10.2. The van der Waals surface area contributed by atoms with Crippen molar-refractivity contribution in [2.75, 3.05) is 0 Å². The van der Waals surface area contributed by atoms with Crippen LogP contribution in [0.1, 0.15) is 51.5 Å². The van der Waals surface area contributed by atoms with Crippen molar-refractivity contribution < 1.29 is 4.79 Å². The van der Waals surface area contributed by atoms with Gasteiger partial charge in [0.2, 0.25) is 5.91 Å². The number of nitrogens with one attached hydrogen (secondary N) is 3. The molecule has 136 valence electrons. The molecule has 0 aliphatic heterocycles. The molecule has 1 aromatic carbocycles. The Bertz CT molecular complexity index is 580. The third kappa shape index (κ3) is 7.26. The number of benzene rings is 1. The smallest absolute Gasteiger partial charge is 0.245 e. The largest absolute Gasteiger partial charge is 0.360 e. The average Bonchev–Trinajstić information content (AvgIpc) is 2.61. The van der Waals surface area contributed by atoms with Crippen LogP contribution < -0.4 is 16.0 Å². The zero-order valence-corrected chi connectivity index (χ0v) is 15.9. The summed E-state index contributed by atoms with van der Waals surface area (Å²) in [6, 6.07) is 10.2. The summed E-state index contributed by atoms with van der Waals surface area (Å²) < 4.78 is 0. The van der Waals surface area contributed by atoms with E-state index in [-0.39, 0.29) is 18.0 Å². The number of amides is 1. The Morgan fingerprint density at radius 1 is 1.12 bits per heavy atom. The van der Waals surface area contributed by atoms with Crippen LogP contribution in [0.3, 0.4) is 0 Å². The summed E-state index contributed by atoms with van der Waals surface area (Å²) in [5.74, 6) is 0.0932. The molecule has 1 atom stereocenters. The molecule has 1 saturated carbocycles. The van der Waals surface area contributed by atoms with Crippen LogP contribution >= 0.6 is 12.2 Å². The molecule has 1 aliphatic rings. The molecule has 3 N–H and O–H groups in total. The van der Waals surface area contributed by atoms with Gasteiger partial charge >= 0.3 is 0 Å². The second-order valence-corrected chi connectivity index (χ2v) is 7.34. The van der Waals surface area contributed by atoms with Crippen molar-refractivity contribution in [1.29, 1.82) is 0 Å². The van der Waals surface area contributed by atoms with Gasteiger partial charge in [0.25, 0.3) is 0 Å². The van der Waals surface area contributed by atoms with Gasteiger partial charge < -0.3 is 16.0 Å². The fraction of sp³-hybridized carbons (Fsp3) is 0.500. The van der Waals surface area contributed by atoms with Gasteiger partial charge in [-0.15, -0.1) is 0 Å². The lowest BCUT2D eigenvalue weighted by molar-refractivity contribution is -0.117. The average molecular weight is 360 g/mol. The maximum absolute atomic E-state index is 12.2. The highest BCUT2D eigenvalue weighted by Gasteiger charge is 2.18. The van der Waals surface area contributed by atoms with Gasteiger partial charge in [0.15, 0.2) is 5.11 Å². The number of carbonyl (C=O) groups is 1. The fourth-order valence-electron chi connectivity index (χ4n) is 2.92. The number of hydrogen-bond acceptors (Lipinski definition) is 2. The molecule has 5 heteroatoms. The van der Waals surface area contributed by atoms with E-state index in [2.05, 4.69) is 29.8 Å². The molecule has 0 saturated heterocycles. The number of carbonyl (C=O) groups excluding carboxylic acids is 1. The van der Waals surface area contributed by atoms with Gasteiger partial charge in [0.05, 0.1) is 0 Å². The Kier molecular flexibility index (Phi) is 7.92. The standard InChI is InChI=1S/C20H29N3OS/c1-15(2)19(23-20(25)21-17-11-7-4-8-12-17)22-18(24)14-13-16-9-5-3-6-10-16/h3,5-6,9-10,13-15,17,19H,4,7-8,11-12H2,1-2H3,(H,22,24)(H2,21,23,25). The van der Waals surface area contributed by atoms with Crippen LogP contribution in [-0.4, -0.2) is 23.2 Å². The van der Waals surface area contributed by atoms with Gasteiger partial charge in [-0.25, -0.2) is 0 Å². The van der Waals surface area contributed by atoms with Crippen LogP contribution in [0.25, 0.3) is 6.08 Å².